The fourth-order valence-electron chi connectivity index (χ4n) is 3.84. The van der Waals surface area contributed by atoms with E-state index in [4.69, 9.17) is 9.51 Å². The normalized spacial score (nSPS) is 28.0. The van der Waals surface area contributed by atoms with Gasteiger partial charge >= 0.3 is 0 Å². The number of hydrogen-bond donors (Lipinski definition) is 1. The first kappa shape index (κ1) is 13.0. The van der Waals surface area contributed by atoms with E-state index in [1.165, 1.54) is 17.5 Å². The van der Waals surface area contributed by atoms with Crippen molar-refractivity contribution >= 4 is 0 Å². The Morgan fingerprint density at radius 1 is 1.38 bits per heavy atom. The van der Waals surface area contributed by atoms with Crippen molar-refractivity contribution in [2.75, 3.05) is 6.54 Å². The van der Waals surface area contributed by atoms with Crippen molar-refractivity contribution in [1.82, 2.24) is 15.5 Å². The van der Waals surface area contributed by atoms with E-state index in [1.54, 1.807) is 0 Å². The van der Waals surface area contributed by atoms with Crippen molar-refractivity contribution in [3.8, 4) is 0 Å². The Kier molecular flexibility index (Phi) is 3.07. The molecule has 2 heterocycles. The lowest BCUT2D eigenvalue weighted by atomic mass is 9.94. The highest BCUT2D eigenvalue weighted by atomic mass is 16.5. The minimum absolute atomic E-state index is 0.0939. The molecule has 1 aromatic carbocycles. The summed E-state index contributed by atoms with van der Waals surface area (Å²) in [6.07, 6.45) is 5.47. The minimum atomic E-state index is -0.0939. The Morgan fingerprint density at radius 3 is 3.10 bits per heavy atom. The molecule has 0 bridgehead atoms. The highest BCUT2D eigenvalue weighted by molar-refractivity contribution is 5.38. The van der Waals surface area contributed by atoms with Gasteiger partial charge in [0.1, 0.15) is 0 Å². The largest absolute Gasteiger partial charge is 0.337 e. The van der Waals surface area contributed by atoms with Gasteiger partial charge in [-0.3, -0.25) is 0 Å². The number of aryl methyl sites for hydroxylation is 1. The van der Waals surface area contributed by atoms with Crippen LogP contribution >= 0.6 is 0 Å². The summed E-state index contributed by atoms with van der Waals surface area (Å²) in [5.74, 6) is 1.94. The van der Waals surface area contributed by atoms with Crippen LogP contribution in [0.4, 0.5) is 0 Å². The van der Waals surface area contributed by atoms with Crippen LogP contribution in [0.15, 0.2) is 28.8 Å². The van der Waals surface area contributed by atoms with E-state index >= 15 is 0 Å². The summed E-state index contributed by atoms with van der Waals surface area (Å²) >= 11 is 0. The number of rotatable bonds is 3. The predicted molar refractivity (Wildman–Crippen MR) is 80.1 cm³/mol. The van der Waals surface area contributed by atoms with Crippen molar-refractivity contribution < 1.29 is 4.52 Å². The maximum absolute atomic E-state index is 5.65. The van der Waals surface area contributed by atoms with Gasteiger partial charge in [-0.15, -0.1) is 0 Å². The molecule has 0 spiro atoms. The Hall–Kier alpha value is -1.68. The van der Waals surface area contributed by atoms with Gasteiger partial charge in [-0.2, -0.15) is 4.98 Å². The molecular formula is C17H21N3O. The van der Waals surface area contributed by atoms with Crippen molar-refractivity contribution in [2.45, 2.75) is 50.5 Å². The minimum Gasteiger partial charge on any atom is -0.337 e. The molecule has 1 aromatic heterocycles. The molecule has 4 rings (SSSR count). The van der Waals surface area contributed by atoms with Crippen LogP contribution in [0.2, 0.25) is 0 Å². The summed E-state index contributed by atoms with van der Waals surface area (Å²) < 4.78 is 5.65. The van der Waals surface area contributed by atoms with E-state index in [0.717, 1.165) is 43.9 Å². The third-order valence-corrected chi connectivity index (χ3v) is 5.14. The van der Waals surface area contributed by atoms with Gasteiger partial charge in [0, 0.05) is 5.92 Å². The third-order valence-electron chi connectivity index (χ3n) is 5.14. The van der Waals surface area contributed by atoms with Gasteiger partial charge in [0.2, 0.25) is 5.89 Å². The lowest BCUT2D eigenvalue weighted by Crippen LogP contribution is -2.36. The van der Waals surface area contributed by atoms with Gasteiger partial charge in [-0.25, -0.2) is 0 Å². The number of aromatic nitrogens is 2. The van der Waals surface area contributed by atoms with Crippen molar-refractivity contribution in [1.29, 1.82) is 0 Å². The van der Waals surface area contributed by atoms with Gasteiger partial charge in [0.05, 0.1) is 5.54 Å². The highest BCUT2D eigenvalue weighted by Crippen LogP contribution is 2.38. The van der Waals surface area contributed by atoms with Crippen molar-refractivity contribution in [3.05, 3.63) is 47.1 Å². The first-order valence-electron chi connectivity index (χ1n) is 7.99. The Morgan fingerprint density at radius 2 is 2.29 bits per heavy atom. The molecule has 1 aliphatic heterocycles. The van der Waals surface area contributed by atoms with Crippen LogP contribution < -0.4 is 5.32 Å². The molecule has 0 saturated carbocycles. The first-order valence-corrected chi connectivity index (χ1v) is 7.99. The second-order valence-corrected chi connectivity index (χ2v) is 6.21. The number of fused-ring (bicyclic) bond motifs is 1. The molecule has 1 N–H and O–H groups in total. The van der Waals surface area contributed by atoms with Gasteiger partial charge in [0.15, 0.2) is 5.82 Å². The maximum Gasteiger partial charge on any atom is 0.246 e. The molecule has 0 radical (unpaired) electrons. The summed E-state index contributed by atoms with van der Waals surface area (Å²) in [4.78, 5) is 4.78. The Balaban J connectivity index is 1.67. The highest BCUT2D eigenvalue weighted by Gasteiger charge is 2.40. The van der Waals surface area contributed by atoms with Crippen LogP contribution in [0, 0.1) is 0 Å². The topological polar surface area (TPSA) is 51.0 Å². The molecule has 1 aliphatic carbocycles. The lowest BCUT2D eigenvalue weighted by molar-refractivity contribution is 0.249. The zero-order chi connectivity index (χ0) is 14.3. The molecule has 0 amide bonds. The molecule has 2 atom stereocenters. The van der Waals surface area contributed by atoms with Gasteiger partial charge in [-0.1, -0.05) is 36.3 Å². The molecule has 1 saturated heterocycles. The van der Waals surface area contributed by atoms with Gasteiger partial charge in [0.25, 0.3) is 0 Å². The van der Waals surface area contributed by atoms with Crippen LogP contribution in [0.5, 0.6) is 0 Å². The van der Waals surface area contributed by atoms with Gasteiger partial charge < -0.3 is 9.84 Å². The molecule has 4 nitrogen and oxygen atoms in total. The monoisotopic (exact) mass is 283 g/mol. The molecule has 4 heteroatoms. The molecule has 21 heavy (non-hydrogen) atoms. The van der Waals surface area contributed by atoms with Crippen LogP contribution in [0.3, 0.4) is 0 Å². The second-order valence-electron chi connectivity index (χ2n) is 6.21. The number of hydrogen-bond acceptors (Lipinski definition) is 4. The van der Waals surface area contributed by atoms with E-state index in [1.807, 2.05) is 0 Å². The second kappa shape index (κ2) is 4.95. The fourth-order valence-corrected chi connectivity index (χ4v) is 3.84. The molecule has 2 aliphatic rings. The fraction of sp³-hybridized carbons (Fsp3) is 0.529. The van der Waals surface area contributed by atoms with Crippen LogP contribution in [-0.2, 0) is 12.0 Å². The van der Waals surface area contributed by atoms with E-state index in [9.17, 15) is 0 Å². The molecule has 1 fully saturated rings. The zero-order valence-electron chi connectivity index (χ0n) is 12.4. The Labute approximate surface area is 124 Å². The quantitative estimate of drug-likeness (QED) is 0.940. The van der Waals surface area contributed by atoms with E-state index in [2.05, 4.69) is 41.7 Å². The number of benzene rings is 1. The lowest BCUT2D eigenvalue weighted by Gasteiger charge is -2.22. The van der Waals surface area contributed by atoms with Gasteiger partial charge in [-0.05, 0) is 49.8 Å². The standard InChI is InChI=1S/C17H21N3O/c1-2-17(10-5-11-18-17)16-19-15(20-21-16)14-9-8-12-6-3-4-7-13(12)14/h3-4,6-7,14,18H,2,5,8-11H2,1H3. The Bertz CT molecular complexity index is 643. The molecular weight excluding hydrogens is 262 g/mol. The summed E-state index contributed by atoms with van der Waals surface area (Å²) in [6.45, 7) is 3.23. The number of nitrogens with one attached hydrogen (secondary N) is 1. The molecule has 2 unspecified atom stereocenters. The number of nitrogens with zero attached hydrogens (tertiary/aromatic N) is 2. The van der Waals surface area contributed by atoms with E-state index in [0.29, 0.717) is 5.92 Å². The summed E-state index contributed by atoms with van der Waals surface area (Å²) in [7, 11) is 0. The average molecular weight is 283 g/mol. The van der Waals surface area contributed by atoms with E-state index < -0.39 is 0 Å². The van der Waals surface area contributed by atoms with Crippen LogP contribution in [0.1, 0.15) is 61.4 Å². The van der Waals surface area contributed by atoms with E-state index in [-0.39, 0.29) is 5.54 Å². The SMILES string of the molecule is CCC1(c2nc(C3CCc4ccccc43)no2)CCCN1. The zero-order valence-corrected chi connectivity index (χ0v) is 12.4. The van der Waals surface area contributed by atoms with Crippen molar-refractivity contribution in [2.24, 2.45) is 0 Å². The summed E-state index contributed by atoms with van der Waals surface area (Å²) in [5.41, 5.74) is 2.71. The van der Waals surface area contributed by atoms with Crippen LogP contribution in [0.25, 0.3) is 0 Å². The first-order chi connectivity index (χ1) is 10.3. The van der Waals surface area contributed by atoms with Crippen molar-refractivity contribution in [3.63, 3.8) is 0 Å². The average Bonchev–Trinajstić information content (AvgIpc) is 3.25. The summed E-state index contributed by atoms with van der Waals surface area (Å²) in [5, 5.41) is 7.87. The smallest absolute Gasteiger partial charge is 0.246 e. The third kappa shape index (κ3) is 2.01. The predicted octanol–water partition coefficient (Wildman–Crippen LogP) is 3.14. The van der Waals surface area contributed by atoms with Crippen LogP contribution in [-0.4, -0.2) is 16.7 Å². The molecule has 110 valence electrons. The summed E-state index contributed by atoms with van der Waals surface area (Å²) in [6, 6.07) is 8.62. The maximum atomic E-state index is 5.65. The molecule has 2 aromatic rings.